The van der Waals surface area contributed by atoms with Crippen LogP contribution in [0.4, 0.5) is 0 Å². The molecule has 3 heterocycles. The summed E-state index contributed by atoms with van der Waals surface area (Å²) in [7, 11) is 0. The summed E-state index contributed by atoms with van der Waals surface area (Å²) in [6.07, 6.45) is 4.23. The molecule has 1 fully saturated rings. The Morgan fingerprint density at radius 2 is 2.41 bits per heavy atom. The Morgan fingerprint density at radius 3 is 3.18 bits per heavy atom. The highest BCUT2D eigenvalue weighted by Gasteiger charge is 2.17. The molecule has 4 nitrogen and oxygen atoms in total. The molecule has 1 aliphatic rings. The third kappa shape index (κ3) is 1.94. The fraction of sp³-hybridized carbons (Fsp3) is 0.462. The predicted octanol–water partition coefficient (Wildman–Crippen LogP) is 0.945. The molecule has 0 aromatic carbocycles. The first-order valence-electron chi connectivity index (χ1n) is 6.23. The third-order valence-corrected chi connectivity index (χ3v) is 3.55. The highest BCUT2D eigenvalue weighted by Crippen LogP contribution is 2.17. The maximum atomic E-state index is 5.79. The van der Waals surface area contributed by atoms with Crippen LogP contribution in [0.2, 0.25) is 0 Å². The molecule has 1 aliphatic heterocycles. The monoisotopic (exact) mass is 230 g/mol. The van der Waals surface area contributed by atoms with Crippen molar-refractivity contribution in [2.45, 2.75) is 19.4 Å². The van der Waals surface area contributed by atoms with E-state index in [-0.39, 0.29) is 0 Å². The minimum atomic E-state index is 0.559. The normalized spacial score (nSPS) is 20.2. The van der Waals surface area contributed by atoms with E-state index < -0.39 is 0 Å². The lowest BCUT2D eigenvalue weighted by Crippen LogP contribution is -2.13. The van der Waals surface area contributed by atoms with Crippen LogP contribution in [0.15, 0.2) is 24.4 Å². The third-order valence-electron chi connectivity index (χ3n) is 3.55. The van der Waals surface area contributed by atoms with Crippen molar-refractivity contribution >= 4 is 5.52 Å². The molecule has 0 spiro atoms. The second-order valence-electron chi connectivity index (χ2n) is 4.72. The van der Waals surface area contributed by atoms with Crippen LogP contribution in [0.1, 0.15) is 17.9 Å². The summed E-state index contributed by atoms with van der Waals surface area (Å²) in [4.78, 5) is 4.55. The van der Waals surface area contributed by atoms with Crippen LogP contribution in [0.25, 0.3) is 5.52 Å². The number of hydrogen-bond donors (Lipinski definition) is 2. The van der Waals surface area contributed by atoms with E-state index in [0.717, 1.165) is 36.5 Å². The maximum Gasteiger partial charge on any atom is 0.113 e. The number of nitrogens with one attached hydrogen (secondary N) is 1. The van der Waals surface area contributed by atoms with Gasteiger partial charge in [0.25, 0.3) is 0 Å². The number of nitrogens with zero attached hydrogens (tertiary/aromatic N) is 2. The molecular weight excluding hydrogens is 212 g/mol. The van der Waals surface area contributed by atoms with Crippen molar-refractivity contribution in [2.75, 3.05) is 13.1 Å². The topological polar surface area (TPSA) is 55.3 Å². The van der Waals surface area contributed by atoms with Gasteiger partial charge < -0.3 is 11.1 Å². The van der Waals surface area contributed by atoms with Crippen LogP contribution in [-0.2, 0) is 13.0 Å². The fourth-order valence-corrected chi connectivity index (χ4v) is 2.64. The first-order chi connectivity index (χ1) is 8.38. The van der Waals surface area contributed by atoms with Crippen molar-refractivity contribution in [1.29, 1.82) is 0 Å². The minimum Gasteiger partial charge on any atom is -0.325 e. The molecule has 0 radical (unpaired) electrons. The molecule has 2 aromatic heterocycles. The van der Waals surface area contributed by atoms with E-state index in [4.69, 9.17) is 5.73 Å². The Morgan fingerprint density at radius 1 is 1.47 bits per heavy atom. The summed E-state index contributed by atoms with van der Waals surface area (Å²) in [6.45, 7) is 2.81. The number of fused-ring (bicyclic) bond motifs is 1. The van der Waals surface area contributed by atoms with Crippen LogP contribution in [0.5, 0.6) is 0 Å². The van der Waals surface area contributed by atoms with Gasteiger partial charge in [0.05, 0.1) is 11.7 Å². The van der Waals surface area contributed by atoms with Gasteiger partial charge in [-0.05, 0) is 37.6 Å². The Bertz CT molecular complexity index is 511. The SMILES string of the molecule is NCc1cccc2cnc(CC3CCNC3)n12. The Kier molecular flexibility index (Phi) is 2.82. The van der Waals surface area contributed by atoms with Gasteiger partial charge in [0.1, 0.15) is 5.82 Å². The predicted molar refractivity (Wildman–Crippen MR) is 67.8 cm³/mol. The van der Waals surface area contributed by atoms with E-state index in [1.165, 1.54) is 6.42 Å². The first kappa shape index (κ1) is 10.7. The van der Waals surface area contributed by atoms with Gasteiger partial charge in [-0.1, -0.05) is 6.07 Å². The van der Waals surface area contributed by atoms with E-state index in [2.05, 4.69) is 26.8 Å². The average molecular weight is 230 g/mol. The highest BCUT2D eigenvalue weighted by atomic mass is 15.0. The lowest BCUT2D eigenvalue weighted by Gasteiger charge is -2.10. The van der Waals surface area contributed by atoms with E-state index >= 15 is 0 Å². The molecule has 3 N–H and O–H groups in total. The molecule has 1 atom stereocenters. The zero-order valence-electron chi connectivity index (χ0n) is 9.89. The smallest absolute Gasteiger partial charge is 0.113 e. The molecule has 0 saturated carbocycles. The van der Waals surface area contributed by atoms with E-state index in [1.54, 1.807) is 0 Å². The van der Waals surface area contributed by atoms with E-state index in [9.17, 15) is 0 Å². The Hall–Kier alpha value is -1.39. The summed E-state index contributed by atoms with van der Waals surface area (Å²) in [6, 6.07) is 6.20. The van der Waals surface area contributed by atoms with Crippen LogP contribution in [0, 0.1) is 5.92 Å². The van der Waals surface area contributed by atoms with Crippen molar-refractivity contribution in [3.63, 3.8) is 0 Å². The van der Waals surface area contributed by atoms with Gasteiger partial charge in [0.15, 0.2) is 0 Å². The number of hydrogen-bond acceptors (Lipinski definition) is 3. The molecule has 2 aromatic rings. The molecule has 17 heavy (non-hydrogen) atoms. The van der Waals surface area contributed by atoms with Crippen LogP contribution >= 0.6 is 0 Å². The van der Waals surface area contributed by atoms with Crippen molar-refractivity contribution in [1.82, 2.24) is 14.7 Å². The summed E-state index contributed by atoms with van der Waals surface area (Å²) in [5.74, 6) is 1.86. The molecule has 4 heteroatoms. The summed E-state index contributed by atoms with van der Waals surface area (Å²) in [5.41, 5.74) is 8.08. The molecule has 3 rings (SSSR count). The highest BCUT2D eigenvalue weighted by molar-refractivity contribution is 5.47. The van der Waals surface area contributed by atoms with Crippen LogP contribution in [0.3, 0.4) is 0 Å². The van der Waals surface area contributed by atoms with Crippen molar-refractivity contribution in [3.05, 3.63) is 35.9 Å². The number of rotatable bonds is 3. The number of pyridine rings is 1. The lowest BCUT2D eigenvalue weighted by atomic mass is 10.0. The summed E-state index contributed by atoms with van der Waals surface area (Å²) < 4.78 is 2.21. The second-order valence-corrected chi connectivity index (χ2v) is 4.72. The second kappa shape index (κ2) is 4.47. The van der Waals surface area contributed by atoms with E-state index in [0.29, 0.717) is 12.5 Å². The molecule has 1 saturated heterocycles. The summed E-state index contributed by atoms with van der Waals surface area (Å²) in [5, 5.41) is 3.40. The zero-order valence-corrected chi connectivity index (χ0v) is 9.89. The average Bonchev–Trinajstić information content (AvgIpc) is 2.99. The van der Waals surface area contributed by atoms with Gasteiger partial charge in [0.2, 0.25) is 0 Å². The van der Waals surface area contributed by atoms with Gasteiger partial charge >= 0.3 is 0 Å². The lowest BCUT2D eigenvalue weighted by molar-refractivity contribution is 0.558. The number of aromatic nitrogens is 2. The quantitative estimate of drug-likeness (QED) is 0.825. The van der Waals surface area contributed by atoms with Gasteiger partial charge in [-0.2, -0.15) is 0 Å². The fourth-order valence-electron chi connectivity index (χ4n) is 2.64. The maximum absolute atomic E-state index is 5.79. The molecular formula is C13H18N4. The minimum absolute atomic E-state index is 0.559. The Labute approximate surface area is 101 Å². The van der Waals surface area contributed by atoms with Crippen molar-refractivity contribution in [2.24, 2.45) is 11.7 Å². The largest absolute Gasteiger partial charge is 0.325 e. The summed E-state index contributed by atoms with van der Waals surface area (Å²) >= 11 is 0. The number of imidazole rings is 1. The van der Waals surface area contributed by atoms with Gasteiger partial charge in [0, 0.05) is 18.7 Å². The zero-order chi connectivity index (χ0) is 11.7. The number of nitrogens with two attached hydrogens (primary N) is 1. The molecule has 90 valence electrons. The molecule has 1 unspecified atom stereocenters. The van der Waals surface area contributed by atoms with Crippen molar-refractivity contribution < 1.29 is 0 Å². The first-order valence-corrected chi connectivity index (χ1v) is 6.23. The van der Waals surface area contributed by atoms with Gasteiger partial charge in [-0.3, -0.25) is 4.40 Å². The van der Waals surface area contributed by atoms with E-state index in [1.807, 2.05) is 12.3 Å². The molecule has 0 bridgehead atoms. The van der Waals surface area contributed by atoms with Crippen molar-refractivity contribution in [3.8, 4) is 0 Å². The standard InChI is InChI=1S/C13H18N4/c14-7-11-2-1-3-12-9-16-13(17(11)12)6-10-4-5-15-8-10/h1-3,9-10,15H,4-8,14H2. The molecule has 0 amide bonds. The Balaban J connectivity index is 1.98. The van der Waals surface area contributed by atoms with Gasteiger partial charge in [-0.15, -0.1) is 0 Å². The van der Waals surface area contributed by atoms with Crippen LogP contribution < -0.4 is 11.1 Å². The van der Waals surface area contributed by atoms with Crippen LogP contribution in [-0.4, -0.2) is 22.5 Å². The molecule has 0 aliphatic carbocycles. The van der Waals surface area contributed by atoms with Gasteiger partial charge in [-0.25, -0.2) is 4.98 Å².